The molecule has 0 aromatic carbocycles. The maximum absolute atomic E-state index is 11.5. The van der Waals surface area contributed by atoms with E-state index in [1.54, 1.807) is 18.3 Å². The highest BCUT2D eigenvalue weighted by Crippen LogP contribution is 2.04. The second-order valence-electron chi connectivity index (χ2n) is 4.07. The molecule has 88 valence electrons. The summed E-state index contributed by atoms with van der Waals surface area (Å²) in [5.74, 6) is 0.157. The molecular weight excluding hydrogens is 204 g/mol. The third-order valence-corrected chi connectivity index (χ3v) is 2.20. The lowest BCUT2D eigenvalue weighted by Gasteiger charge is -2.06. The van der Waals surface area contributed by atoms with Gasteiger partial charge >= 0.3 is 5.97 Å². The predicted octanol–water partition coefficient (Wildman–Crippen LogP) is 1.74. The summed E-state index contributed by atoms with van der Waals surface area (Å²) in [4.78, 5) is 15.5. The lowest BCUT2D eigenvalue weighted by Crippen LogP contribution is -2.10. The van der Waals surface area contributed by atoms with Crippen LogP contribution < -0.4 is 5.73 Å². The van der Waals surface area contributed by atoms with Gasteiger partial charge in [0, 0.05) is 12.7 Å². The topological polar surface area (TPSA) is 65.2 Å². The number of nitrogens with zero attached hydrogens (tertiary/aromatic N) is 1. The molecule has 0 saturated heterocycles. The van der Waals surface area contributed by atoms with E-state index in [0.29, 0.717) is 24.8 Å². The van der Waals surface area contributed by atoms with Crippen molar-refractivity contribution in [3.63, 3.8) is 0 Å². The van der Waals surface area contributed by atoms with E-state index in [0.717, 1.165) is 12.0 Å². The number of carbonyl (C=O) groups excluding carboxylic acids is 1. The summed E-state index contributed by atoms with van der Waals surface area (Å²) in [6.07, 6.45) is 2.46. The van der Waals surface area contributed by atoms with Crippen molar-refractivity contribution >= 4 is 5.97 Å². The van der Waals surface area contributed by atoms with Crippen molar-refractivity contribution in [2.45, 2.75) is 26.8 Å². The largest absolute Gasteiger partial charge is 0.461 e. The summed E-state index contributed by atoms with van der Waals surface area (Å²) in [5.41, 5.74) is 6.67. The number of esters is 1. The minimum atomic E-state index is -0.371. The molecule has 2 N–H and O–H groups in total. The van der Waals surface area contributed by atoms with Crippen LogP contribution in [0.1, 0.15) is 36.3 Å². The molecular formula is C12H18N2O2. The molecule has 4 heteroatoms. The standard InChI is InChI=1S/C12H18N2O2/c1-9(2)5-6-16-12(15)11-4-3-10(7-13)8-14-11/h3-4,8-9H,5-7,13H2,1-2H3. The Balaban J connectivity index is 2.46. The van der Waals surface area contributed by atoms with Crippen LogP contribution in [-0.2, 0) is 11.3 Å². The molecule has 0 radical (unpaired) electrons. The highest BCUT2D eigenvalue weighted by atomic mass is 16.5. The fourth-order valence-electron chi connectivity index (χ4n) is 1.13. The highest BCUT2D eigenvalue weighted by molar-refractivity contribution is 5.87. The third-order valence-electron chi connectivity index (χ3n) is 2.20. The quantitative estimate of drug-likeness (QED) is 0.771. The zero-order valence-corrected chi connectivity index (χ0v) is 9.77. The molecule has 0 atom stereocenters. The van der Waals surface area contributed by atoms with E-state index in [1.165, 1.54) is 0 Å². The summed E-state index contributed by atoms with van der Waals surface area (Å²) in [7, 11) is 0. The lowest BCUT2D eigenvalue weighted by molar-refractivity contribution is 0.0481. The van der Waals surface area contributed by atoms with Crippen molar-refractivity contribution in [2.24, 2.45) is 11.7 Å². The van der Waals surface area contributed by atoms with Crippen LogP contribution in [0.2, 0.25) is 0 Å². The second-order valence-corrected chi connectivity index (χ2v) is 4.07. The number of ether oxygens (including phenoxy) is 1. The third kappa shape index (κ3) is 3.98. The number of aromatic nitrogens is 1. The van der Waals surface area contributed by atoms with Gasteiger partial charge in [0.25, 0.3) is 0 Å². The van der Waals surface area contributed by atoms with Gasteiger partial charge in [-0.05, 0) is 24.0 Å². The van der Waals surface area contributed by atoms with Crippen LogP contribution >= 0.6 is 0 Å². The van der Waals surface area contributed by atoms with E-state index in [9.17, 15) is 4.79 Å². The van der Waals surface area contributed by atoms with E-state index in [-0.39, 0.29) is 5.97 Å². The maximum Gasteiger partial charge on any atom is 0.356 e. The number of rotatable bonds is 5. The molecule has 0 spiro atoms. The molecule has 0 saturated carbocycles. The van der Waals surface area contributed by atoms with Gasteiger partial charge in [-0.3, -0.25) is 0 Å². The summed E-state index contributed by atoms with van der Waals surface area (Å²) >= 11 is 0. The van der Waals surface area contributed by atoms with Gasteiger partial charge in [0.15, 0.2) is 0 Å². The minimum Gasteiger partial charge on any atom is -0.461 e. The molecule has 16 heavy (non-hydrogen) atoms. The summed E-state index contributed by atoms with van der Waals surface area (Å²) in [6.45, 7) is 5.04. The summed E-state index contributed by atoms with van der Waals surface area (Å²) in [5, 5.41) is 0. The van der Waals surface area contributed by atoms with Gasteiger partial charge in [-0.2, -0.15) is 0 Å². The van der Waals surface area contributed by atoms with Crippen LogP contribution in [0.15, 0.2) is 18.3 Å². The number of hydrogen-bond donors (Lipinski definition) is 1. The Bertz CT molecular complexity index is 333. The SMILES string of the molecule is CC(C)CCOC(=O)c1ccc(CN)cn1. The first kappa shape index (κ1) is 12.6. The number of carbonyl (C=O) groups is 1. The van der Waals surface area contributed by atoms with Gasteiger partial charge in [0.2, 0.25) is 0 Å². The fraction of sp³-hybridized carbons (Fsp3) is 0.500. The zero-order chi connectivity index (χ0) is 12.0. The molecule has 1 rings (SSSR count). The first-order chi connectivity index (χ1) is 7.63. The van der Waals surface area contributed by atoms with Gasteiger partial charge in [-0.25, -0.2) is 9.78 Å². The number of pyridine rings is 1. The van der Waals surface area contributed by atoms with Gasteiger partial charge < -0.3 is 10.5 Å². The van der Waals surface area contributed by atoms with Crippen LogP contribution in [-0.4, -0.2) is 17.6 Å². The van der Waals surface area contributed by atoms with Crippen molar-refractivity contribution in [2.75, 3.05) is 6.61 Å². The molecule has 0 bridgehead atoms. The Morgan fingerprint density at radius 3 is 2.75 bits per heavy atom. The van der Waals surface area contributed by atoms with E-state index in [1.807, 2.05) is 0 Å². The summed E-state index contributed by atoms with van der Waals surface area (Å²) in [6, 6.07) is 3.42. The maximum atomic E-state index is 11.5. The Morgan fingerprint density at radius 1 is 1.50 bits per heavy atom. The Labute approximate surface area is 95.8 Å². The smallest absolute Gasteiger partial charge is 0.356 e. The van der Waals surface area contributed by atoms with Crippen molar-refractivity contribution in [1.82, 2.24) is 4.98 Å². The summed E-state index contributed by atoms with van der Waals surface area (Å²) < 4.78 is 5.08. The van der Waals surface area contributed by atoms with Crippen LogP contribution in [0.5, 0.6) is 0 Å². The van der Waals surface area contributed by atoms with Crippen molar-refractivity contribution in [3.8, 4) is 0 Å². The molecule has 1 aromatic heterocycles. The van der Waals surface area contributed by atoms with Crippen LogP contribution in [0.25, 0.3) is 0 Å². The van der Waals surface area contributed by atoms with E-state index < -0.39 is 0 Å². The van der Waals surface area contributed by atoms with Crippen molar-refractivity contribution in [1.29, 1.82) is 0 Å². The minimum absolute atomic E-state index is 0.334. The molecule has 0 aliphatic heterocycles. The lowest BCUT2D eigenvalue weighted by atomic mass is 10.1. The van der Waals surface area contributed by atoms with E-state index in [2.05, 4.69) is 18.8 Å². The normalized spacial score (nSPS) is 10.5. The Kier molecular flexibility index (Phi) is 4.92. The molecule has 0 aliphatic rings. The monoisotopic (exact) mass is 222 g/mol. The average molecular weight is 222 g/mol. The van der Waals surface area contributed by atoms with Gasteiger partial charge in [-0.1, -0.05) is 19.9 Å². The molecule has 0 amide bonds. The van der Waals surface area contributed by atoms with E-state index in [4.69, 9.17) is 10.5 Å². The van der Waals surface area contributed by atoms with E-state index >= 15 is 0 Å². The van der Waals surface area contributed by atoms with Crippen LogP contribution in [0.3, 0.4) is 0 Å². The molecule has 0 unspecified atom stereocenters. The Morgan fingerprint density at radius 2 is 2.25 bits per heavy atom. The van der Waals surface area contributed by atoms with Gasteiger partial charge in [0.05, 0.1) is 6.61 Å². The molecule has 0 fully saturated rings. The molecule has 4 nitrogen and oxygen atoms in total. The van der Waals surface area contributed by atoms with Crippen LogP contribution in [0.4, 0.5) is 0 Å². The van der Waals surface area contributed by atoms with Gasteiger partial charge in [0.1, 0.15) is 5.69 Å². The second kappa shape index (κ2) is 6.23. The predicted molar refractivity (Wildman–Crippen MR) is 61.9 cm³/mol. The van der Waals surface area contributed by atoms with Gasteiger partial charge in [-0.15, -0.1) is 0 Å². The van der Waals surface area contributed by atoms with Crippen molar-refractivity contribution in [3.05, 3.63) is 29.6 Å². The fourth-order valence-corrected chi connectivity index (χ4v) is 1.13. The first-order valence-electron chi connectivity index (χ1n) is 5.45. The first-order valence-corrected chi connectivity index (χ1v) is 5.45. The molecule has 1 aromatic rings. The highest BCUT2D eigenvalue weighted by Gasteiger charge is 2.08. The van der Waals surface area contributed by atoms with Crippen LogP contribution in [0, 0.1) is 5.92 Å². The zero-order valence-electron chi connectivity index (χ0n) is 9.77. The van der Waals surface area contributed by atoms with Crippen molar-refractivity contribution < 1.29 is 9.53 Å². The number of hydrogen-bond acceptors (Lipinski definition) is 4. The Hall–Kier alpha value is -1.42. The molecule has 1 heterocycles. The average Bonchev–Trinajstić information content (AvgIpc) is 2.28. The number of nitrogens with two attached hydrogens (primary N) is 1. The molecule has 0 aliphatic carbocycles.